The summed E-state index contributed by atoms with van der Waals surface area (Å²) in [6.45, 7) is 5.35. The van der Waals surface area contributed by atoms with Crippen LogP contribution in [-0.4, -0.2) is 25.0 Å². The molecule has 0 spiro atoms. The molecule has 0 saturated heterocycles. The van der Waals surface area contributed by atoms with Crippen LogP contribution in [0.2, 0.25) is 0 Å². The molecule has 0 aliphatic rings. The molecule has 5 nitrogen and oxygen atoms in total. The lowest BCUT2D eigenvalue weighted by atomic mass is 10.0. The Bertz CT molecular complexity index is 489. The van der Waals surface area contributed by atoms with Crippen molar-refractivity contribution < 1.29 is 14.3 Å². The summed E-state index contributed by atoms with van der Waals surface area (Å²) in [6.07, 6.45) is 0. The summed E-state index contributed by atoms with van der Waals surface area (Å²) in [6, 6.07) is 4.83. The molecule has 112 valence electrons. The fraction of sp³-hybridized carbons (Fsp3) is 0.429. The molecule has 0 saturated carbocycles. The van der Waals surface area contributed by atoms with Crippen LogP contribution in [0.4, 0.5) is 5.69 Å². The Morgan fingerprint density at radius 3 is 2.35 bits per heavy atom. The van der Waals surface area contributed by atoms with Crippen LogP contribution >= 0.6 is 12.4 Å². The van der Waals surface area contributed by atoms with E-state index >= 15 is 0 Å². The Hall–Kier alpha value is -1.59. The van der Waals surface area contributed by atoms with Crippen molar-refractivity contribution in [2.45, 2.75) is 26.8 Å². The lowest BCUT2D eigenvalue weighted by Gasteiger charge is -2.16. The van der Waals surface area contributed by atoms with Gasteiger partial charge in [-0.2, -0.15) is 0 Å². The van der Waals surface area contributed by atoms with Crippen LogP contribution in [-0.2, 0) is 9.53 Å². The molecule has 1 aromatic carbocycles. The van der Waals surface area contributed by atoms with Crippen molar-refractivity contribution in [2.75, 3.05) is 12.4 Å². The minimum Gasteiger partial charge on any atom is -0.465 e. The Balaban J connectivity index is 0.00000361. The summed E-state index contributed by atoms with van der Waals surface area (Å²) in [5, 5.41) is 2.78. The number of methoxy groups -OCH3 is 1. The normalized spacial score (nSPS) is 12.8. The zero-order valence-corrected chi connectivity index (χ0v) is 12.9. The van der Waals surface area contributed by atoms with E-state index in [1.54, 1.807) is 39.0 Å². The molecule has 3 N–H and O–H groups in total. The lowest BCUT2D eigenvalue weighted by Crippen LogP contribution is -2.34. The molecule has 0 heterocycles. The van der Waals surface area contributed by atoms with Gasteiger partial charge in [-0.3, -0.25) is 4.79 Å². The van der Waals surface area contributed by atoms with E-state index in [4.69, 9.17) is 5.73 Å². The third-order valence-corrected chi connectivity index (χ3v) is 3.10. The van der Waals surface area contributed by atoms with Gasteiger partial charge in [-0.05, 0) is 37.6 Å². The minimum absolute atomic E-state index is 0. The monoisotopic (exact) mass is 300 g/mol. The van der Waals surface area contributed by atoms with Crippen LogP contribution in [0.5, 0.6) is 0 Å². The van der Waals surface area contributed by atoms with Gasteiger partial charge in [0.25, 0.3) is 0 Å². The van der Waals surface area contributed by atoms with E-state index in [0.29, 0.717) is 11.3 Å². The predicted molar refractivity (Wildman–Crippen MR) is 81.2 cm³/mol. The molecule has 1 rings (SSSR count). The number of ether oxygens (including phenoxy) is 1. The molecule has 0 radical (unpaired) electrons. The van der Waals surface area contributed by atoms with E-state index in [-0.39, 0.29) is 36.2 Å². The quantitative estimate of drug-likeness (QED) is 0.835. The van der Waals surface area contributed by atoms with Gasteiger partial charge in [-0.25, -0.2) is 4.79 Å². The maximum absolute atomic E-state index is 11.9. The van der Waals surface area contributed by atoms with Crippen molar-refractivity contribution in [1.29, 1.82) is 0 Å². The standard InChI is InChI=1S/C14H20N2O3.ClH/c1-8-7-11(5-6-12(8)14(18)19-4)16-13(17)9(2)10(3)15;/h5-7,9-10H,15H2,1-4H3,(H,16,17);1H. The molecule has 6 heteroatoms. The SMILES string of the molecule is COC(=O)c1ccc(NC(=O)C(C)C(C)N)cc1C.Cl. The van der Waals surface area contributed by atoms with Gasteiger partial charge in [0.05, 0.1) is 18.6 Å². The molecule has 0 fully saturated rings. The van der Waals surface area contributed by atoms with Crippen molar-refractivity contribution in [3.8, 4) is 0 Å². The first-order chi connectivity index (χ1) is 8.86. The number of rotatable bonds is 4. The van der Waals surface area contributed by atoms with Crippen molar-refractivity contribution in [1.82, 2.24) is 0 Å². The number of hydrogen-bond acceptors (Lipinski definition) is 4. The molecule has 0 bridgehead atoms. The summed E-state index contributed by atoms with van der Waals surface area (Å²) in [5.74, 6) is -0.805. The second kappa shape index (κ2) is 7.87. The second-order valence-corrected chi connectivity index (χ2v) is 4.66. The van der Waals surface area contributed by atoms with Gasteiger partial charge in [0, 0.05) is 11.7 Å². The topological polar surface area (TPSA) is 81.4 Å². The average Bonchev–Trinajstić information content (AvgIpc) is 2.36. The molecule has 1 aromatic rings. The van der Waals surface area contributed by atoms with E-state index in [2.05, 4.69) is 10.1 Å². The summed E-state index contributed by atoms with van der Waals surface area (Å²) in [5.41, 5.74) is 7.56. The number of aryl methyl sites for hydroxylation is 1. The van der Waals surface area contributed by atoms with E-state index in [9.17, 15) is 9.59 Å². The van der Waals surface area contributed by atoms with E-state index in [0.717, 1.165) is 5.56 Å². The van der Waals surface area contributed by atoms with Crippen LogP contribution in [0.1, 0.15) is 29.8 Å². The second-order valence-electron chi connectivity index (χ2n) is 4.66. The number of carbonyl (C=O) groups is 2. The van der Waals surface area contributed by atoms with Crippen molar-refractivity contribution in [3.05, 3.63) is 29.3 Å². The number of carbonyl (C=O) groups excluding carboxylic acids is 2. The predicted octanol–water partition coefficient (Wildman–Crippen LogP) is 2.13. The highest BCUT2D eigenvalue weighted by Gasteiger charge is 2.17. The first kappa shape index (κ1) is 18.4. The smallest absolute Gasteiger partial charge is 0.338 e. The van der Waals surface area contributed by atoms with E-state index in [1.165, 1.54) is 7.11 Å². The van der Waals surface area contributed by atoms with Gasteiger partial charge in [0.2, 0.25) is 5.91 Å². The highest BCUT2D eigenvalue weighted by molar-refractivity contribution is 5.95. The van der Waals surface area contributed by atoms with Crippen LogP contribution < -0.4 is 11.1 Å². The number of anilines is 1. The summed E-state index contributed by atoms with van der Waals surface area (Å²) in [7, 11) is 1.34. The summed E-state index contributed by atoms with van der Waals surface area (Å²) >= 11 is 0. The Labute approximate surface area is 125 Å². The fourth-order valence-electron chi connectivity index (χ4n) is 1.58. The van der Waals surface area contributed by atoms with Crippen molar-refractivity contribution >= 4 is 30.0 Å². The fourth-order valence-corrected chi connectivity index (χ4v) is 1.58. The first-order valence-electron chi connectivity index (χ1n) is 6.12. The number of nitrogens with two attached hydrogens (primary N) is 1. The van der Waals surface area contributed by atoms with Gasteiger partial charge >= 0.3 is 5.97 Å². The average molecular weight is 301 g/mol. The largest absolute Gasteiger partial charge is 0.465 e. The number of amides is 1. The summed E-state index contributed by atoms with van der Waals surface area (Å²) in [4.78, 5) is 23.3. The molecular formula is C14H21ClN2O3. The molecular weight excluding hydrogens is 280 g/mol. The van der Waals surface area contributed by atoms with Gasteiger partial charge in [0.1, 0.15) is 0 Å². The maximum atomic E-state index is 11.9. The van der Waals surface area contributed by atoms with Crippen LogP contribution in [0, 0.1) is 12.8 Å². The Morgan fingerprint density at radius 2 is 1.90 bits per heavy atom. The highest BCUT2D eigenvalue weighted by atomic mass is 35.5. The summed E-state index contributed by atoms with van der Waals surface area (Å²) < 4.78 is 4.66. The Kier molecular flexibility index (Phi) is 7.24. The Morgan fingerprint density at radius 1 is 1.30 bits per heavy atom. The molecule has 20 heavy (non-hydrogen) atoms. The molecule has 0 aromatic heterocycles. The van der Waals surface area contributed by atoms with E-state index < -0.39 is 0 Å². The zero-order valence-electron chi connectivity index (χ0n) is 12.1. The van der Waals surface area contributed by atoms with Gasteiger partial charge in [-0.1, -0.05) is 6.92 Å². The third-order valence-electron chi connectivity index (χ3n) is 3.10. The first-order valence-corrected chi connectivity index (χ1v) is 6.12. The zero-order chi connectivity index (χ0) is 14.6. The molecule has 1 amide bonds. The number of hydrogen-bond donors (Lipinski definition) is 2. The molecule has 0 aliphatic carbocycles. The van der Waals surface area contributed by atoms with Crippen LogP contribution in [0.15, 0.2) is 18.2 Å². The maximum Gasteiger partial charge on any atom is 0.338 e. The number of esters is 1. The number of benzene rings is 1. The third kappa shape index (κ3) is 4.51. The van der Waals surface area contributed by atoms with Crippen molar-refractivity contribution in [3.63, 3.8) is 0 Å². The lowest BCUT2D eigenvalue weighted by molar-refractivity contribution is -0.119. The highest BCUT2D eigenvalue weighted by Crippen LogP contribution is 2.17. The van der Waals surface area contributed by atoms with Crippen LogP contribution in [0.25, 0.3) is 0 Å². The molecule has 2 unspecified atom stereocenters. The van der Waals surface area contributed by atoms with Crippen LogP contribution in [0.3, 0.4) is 0 Å². The van der Waals surface area contributed by atoms with E-state index in [1.807, 2.05) is 0 Å². The van der Waals surface area contributed by atoms with Crippen molar-refractivity contribution in [2.24, 2.45) is 11.7 Å². The van der Waals surface area contributed by atoms with Gasteiger partial charge < -0.3 is 15.8 Å². The molecule has 2 atom stereocenters. The van der Waals surface area contributed by atoms with Gasteiger partial charge in [0.15, 0.2) is 0 Å². The number of nitrogens with one attached hydrogen (secondary N) is 1. The minimum atomic E-state index is -0.390. The van der Waals surface area contributed by atoms with Gasteiger partial charge in [-0.15, -0.1) is 12.4 Å². The number of halogens is 1. The molecule has 0 aliphatic heterocycles.